The molecule has 1 fully saturated rings. The van der Waals surface area contributed by atoms with Crippen molar-refractivity contribution < 1.29 is 4.79 Å². The average Bonchev–Trinajstić information content (AvgIpc) is 2.58. The molecule has 2 aromatic rings. The number of piperidine rings is 1. The summed E-state index contributed by atoms with van der Waals surface area (Å²) in [6, 6.07) is 12.1. The summed E-state index contributed by atoms with van der Waals surface area (Å²) in [6.07, 6.45) is 4.86. The van der Waals surface area contributed by atoms with Crippen LogP contribution in [0.2, 0.25) is 5.02 Å². The molecule has 0 saturated carbocycles. The van der Waals surface area contributed by atoms with Gasteiger partial charge in [0.2, 0.25) is 0 Å². The molecule has 0 amide bonds. The molecule has 1 aliphatic rings. The van der Waals surface area contributed by atoms with Crippen molar-refractivity contribution in [2.45, 2.75) is 31.6 Å². The van der Waals surface area contributed by atoms with Gasteiger partial charge in [-0.25, -0.2) is 0 Å². The number of pyridine rings is 1. The minimum atomic E-state index is 0.173. The van der Waals surface area contributed by atoms with Gasteiger partial charge in [-0.1, -0.05) is 35.9 Å². The van der Waals surface area contributed by atoms with Crippen LogP contribution in [-0.4, -0.2) is 23.9 Å². The Hall–Kier alpha value is -1.71. The minimum Gasteiger partial charge on any atom is -0.316 e. The molecule has 1 aliphatic heterocycles. The van der Waals surface area contributed by atoms with Gasteiger partial charge in [0, 0.05) is 31.3 Å². The van der Waals surface area contributed by atoms with E-state index in [2.05, 4.69) is 34.6 Å². The lowest BCUT2D eigenvalue weighted by Gasteiger charge is -2.23. The molecule has 0 aliphatic carbocycles. The number of rotatable bonds is 5. The van der Waals surface area contributed by atoms with Crippen LogP contribution >= 0.6 is 11.6 Å². The second kappa shape index (κ2) is 7.71. The van der Waals surface area contributed by atoms with Crippen molar-refractivity contribution >= 4 is 17.4 Å². The Balaban J connectivity index is 1.57. The van der Waals surface area contributed by atoms with Gasteiger partial charge in [0.05, 0.1) is 5.02 Å². The second-order valence-electron chi connectivity index (χ2n) is 6.14. The molecule has 0 bridgehead atoms. The van der Waals surface area contributed by atoms with Crippen molar-refractivity contribution in [1.82, 2.24) is 10.3 Å². The zero-order valence-electron chi connectivity index (χ0n) is 13.1. The fraction of sp³-hybridized carbons (Fsp3) is 0.368. The first-order valence-electron chi connectivity index (χ1n) is 8.12. The van der Waals surface area contributed by atoms with E-state index in [1.165, 1.54) is 18.4 Å². The van der Waals surface area contributed by atoms with Gasteiger partial charge in [-0.2, -0.15) is 0 Å². The van der Waals surface area contributed by atoms with E-state index >= 15 is 0 Å². The van der Waals surface area contributed by atoms with E-state index in [0.717, 1.165) is 24.3 Å². The first-order chi connectivity index (χ1) is 11.2. The average molecular weight is 329 g/mol. The van der Waals surface area contributed by atoms with Gasteiger partial charge in [-0.15, -0.1) is 0 Å². The van der Waals surface area contributed by atoms with Crippen LogP contribution in [0.5, 0.6) is 0 Å². The third kappa shape index (κ3) is 4.63. The quantitative estimate of drug-likeness (QED) is 0.912. The minimum absolute atomic E-state index is 0.173. The lowest BCUT2D eigenvalue weighted by atomic mass is 9.90. The number of benzene rings is 1. The Morgan fingerprint density at radius 3 is 2.65 bits per heavy atom. The molecular formula is C19H21ClN2O. The highest BCUT2D eigenvalue weighted by Crippen LogP contribution is 2.23. The van der Waals surface area contributed by atoms with Crippen molar-refractivity contribution in [3.05, 3.63) is 64.4 Å². The van der Waals surface area contributed by atoms with E-state index < -0.39 is 0 Å². The number of Topliss-reactive ketones (excluding diaryl/α,β-unsaturated/α-hetero) is 1. The van der Waals surface area contributed by atoms with Crippen molar-refractivity contribution in [3.63, 3.8) is 0 Å². The normalized spacial score (nSPS) is 17.9. The Morgan fingerprint density at radius 1 is 1.17 bits per heavy atom. The zero-order valence-corrected chi connectivity index (χ0v) is 13.9. The first-order valence-corrected chi connectivity index (χ1v) is 8.50. The summed E-state index contributed by atoms with van der Waals surface area (Å²) in [5.74, 6) is 0.777. The predicted octanol–water partition coefficient (Wildman–Crippen LogP) is 3.56. The van der Waals surface area contributed by atoms with Gasteiger partial charge >= 0.3 is 0 Å². The highest BCUT2D eigenvalue weighted by molar-refractivity contribution is 6.30. The maximum absolute atomic E-state index is 12.2. The lowest BCUT2D eigenvalue weighted by molar-refractivity contribution is -0.117. The molecule has 0 spiro atoms. The molecule has 4 heteroatoms. The first kappa shape index (κ1) is 16.2. The standard InChI is InChI=1S/C19H21ClN2O/c20-17-7-8-18(22-13-17)11-19(23)10-14-3-5-15(6-4-14)16-2-1-9-21-12-16/h3-8,13,16,21H,1-2,9-12H2. The molecule has 3 rings (SSSR count). The predicted molar refractivity (Wildman–Crippen MR) is 92.9 cm³/mol. The molecule has 120 valence electrons. The number of ketones is 1. The molecule has 1 unspecified atom stereocenters. The number of carbonyl (C=O) groups excluding carboxylic acids is 1. The largest absolute Gasteiger partial charge is 0.316 e. The van der Waals surface area contributed by atoms with Crippen LogP contribution in [0.15, 0.2) is 42.6 Å². The highest BCUT2D eigenvalue weighted by atomic mass is 35.5. The number of hydrogen-bond acceptors (Lipinski definition) is 3. The zero-order chi connectivity index (χ0) is 16.1. The van der Waals surface area contributed by atoms with Gasteiger partial charge in [0.15, 0.2) is 0 Å². The monoisotopic (exact) mass is 328 g/mol. The number of nitrogens with one attached hydrogen (secondary N) is 1. The van der Waals surface area contributed by atoms with E-state index in [1.54, 1.807) is 18.3 Å². The molecule has 1 N–H and O–H groups in total. The van der Waals surface area contributed by atoms with Crippen molar-refractivity contribution in [1.29, 1.82) is 0 Å². The Morgan fingerprint density at radius 2 is 2.00 bits per heavy atom. The van der Waals surface area contributed by atoms with E-state index in [4.69, 9.17) is 11.6 Å². The molecule has 1 aromatic heterocycles. The van der Waals surface area contributed by atoms with Crippen LogP contribution in [0.25, 0.3) is 0 Å². The third-order valence-electron chi connectivity index (χ3n) is 4.32. The lowest BCUT2D eigenvalue weighted by Crippen LogP contribution is -2.28. The third-order valence-corrected chi connectivity index (χ3v) is 4.54. The number of carbonyl (C=O) groups is 1. The summed E-state index contributed by atoms with van der Waals surface area (Å²) < 4.78 is 0. The number of halogens is 1. The van der Waals surface area contributed by atoms with Crippen LogP contribution in [0.1, 0.15) is 35.6 Å². The van der Waals surface area contributed by atoms with Crippen LogP contribution in [-0.2, 0) is 17.6 Å². The SMILES string of the molecule is O=C(Cc1ccc(C2CCCNC2)cc1)Cc1ccc(Cl)cn1. The fourth-order valence-corrected chi connectivity index (χ4v) is 3.16. The molecule has 2 heterocycles. The van der Waals surface area contributed by atoms with Gasteiger partial charge in [0.25, 0.3) is 0 Å². The topological polar surface area (TPSA) is 42.0 Å². The summed E-state index contributed by atoms with van der Waals surface area (Å²) in [7, 11) is 0. The van der Waals surface area contributed by atoms with E-state index in [1.807, 2.05) is 0 Å². The van der Waals surface area contributed by atoms with Crippen molar-refractivity contribution in [2.24, 2.45) is 0 Å². The fourth-order valence-electron chi connectivity index (χ4n) is 3.05. The number of hydrogen-bond donors (Lipinski definition) is 1. The molecule has 3 nitrogen and oxygen atoms in total. The van der Waals surface area contributed by atoms with E-state index in [9.17, 15) is 4.79 Å². The van der Waals surface area contributed by atoms with Crippen molar-refractivity contribution in [2.75, 3.05) is 13.1 Å². The molecule has 23 heavy (non-hydrogen) atoms. The van der Waals surface area contributed by atoms with Gasteiger partial charge in [-0.05, 0) is 48.6 Å². The summed E-state index contributed by atoms with van der Waals surface area (Å²) in [4.78, 5) is 16.3. The summed E-state index contributed by atoms with van der Waals surface area (Å²) in [6.45, 7) is 2.18. The van der Waals surface area contributed by atoms with E-state index in [0.29, 0.717) is 23.8 Å². The van der Waals surface area contributed by atoms with Crippen LogP contribution < -0.4 is 5.32 Å². The van der Waals surface area contributed by atoms with Crippen LogP contribution in [0.4, 0.5) is 0 Å². The van der Waals surface area contributed by atoms with Gasteiger partial charge in [-0.3, -0.25) is 9.78 Å². The van der Waals surface area contributed by atoms with Gasteiger partial charge < -0.3 is 5.32 Å². The maximum atomic E-state index is 12.2. The highest BCUT2D eigenvalue weighted by Gasteiger charge is 2.15. The molecular weight excluding hydrogens is 308 g/mol. The smallest absolute Gasteiger partial charge is 0.143 e. The van der Waals surface area contributed by atoms with Crippen molar-refractivity contribution in [3.8, 4) is 0 Å². The summed E-state index contributed by atoms with van der Waals surface area (Å²) >= 11 is 5.80. The van der Waals surface area contributed by atoms with Gasteiger partial charge in [0.1, 0.15) is 5.78 Å². The molecule has 1 aromatic carbocycles. The van der Waals surface area contributed by atoms with E-state index in [-0.39, 0.29) is 5.78 Å². The molecule has 1 atom stereocenters. The molecule has 0 radical (unpaired) electrons. The second-order valence-corrected chi connectivity index (χ2v) is 6.58. The summed E-state index contributed by atoms with van der Waals surface area (Å²) in [5, 5.41) is 4.03. The molecule has 1 saturated heterocycles. The Bertz CT molecular complexity index is 646. The van der Waals surface area contributed by atoms with Crippen LogP contribution in [0.3, 0.4) is 0 Å². The maximum Gasteiger partial charge on any atom is 0.143 e. The number of nitrogens with zero attached hydrogens (tertiary/aromatic N) is 1. The van der Waals surface area contributed by atoms with Crippen LogP contribution in [0, 0.1) is 0 Å². The summed E-state index contributed by atoms with van der Waals surface area (Å²) in [5.41, 5.74) is 3.20. The Kier molecular flexibility index (Phi) is 5.42. The Labute approximate surface area is 142 Å². The number of aromatic nitrogens is 1.